The van der Waals surface area contributed by atoms with Gasteiger partial charge < -0.3 is 5.32 Å². The Morgan fingerprint density at radius 1 is 1.40 bits per heavy atom. The fourth-order valence-electron chi connectivity index (χ4n) is 1.13. The maximum Gasteiger partial charge on any atom is 0.321 e. The number of benzene rings is 1. The third-order valence-electron chi connectivity index (χ3n) is 2.04. The summed E-state index contributed by atoms with van der Waals surface area (Å²) >= 11 is 0. The van der Waals surface area contributed by atoms with Crippen LogP contribution in [0.25, 0.3) is 0 Å². The number of nitrogens with one attached hydrogen (secondary N) is 1. The number of nitrogens with zero attached hydrogens (tertiary/aromatic N) is 1. The van der Waals surface area contributed by atoms with Gasteiger partial charge in [0.15, 0.2) is 0 Å². The maximum absolute atomic E-state index is 12.6. The normalized spacial score (nSPS) is 9.80. The minimum atomic E-state index is -0.305. The lowest BCUT2D eigenvalue weighted by Crippen LogP contribution is -2.37. The van der Waals surface area contributed by atoms with E-state index in [0.29, 0.717) is 12.2 Å². The van der Waals surface area contributed by atoms with Crippen LogP contribution in [0.15, 0.2) is 24.3 Å². The van der Waals surface area contributed by atoms with Gasteiger partial charge in [-0.05, 0) is 30.7 Å². The van der Waals surface area contributed by atoms with Gasteiger partial charge in [-0.1, -0.05) is 6.92 Å². The minimum Gasteiger partial charge on any atom is -0.338 e. The standard InChI is InChI=1S/C11H15FN2O/c1-3-8-13-11(15)14(2)10-6-4-9(12)5-7-10/h4-7H,3,8H2,1-2H3,(H,13,15). The summed E-state index contributed by atoms with van der Waals surface area (Å²) in [5.74, 6) is -0.305. The van der Waals surface area contributed by atoms with E-state index >= 15 is 0 Å². The van der Waals surface area contributed by atoms with E-state index in [0.717, 1.165) is 6.42 Å². The number of hydrogen-bond donors (Lipinski definition) is 1. The molecule has 0 atom stereocenters. The van der Waals surface area contributed by atoms with Crippen molar-refractivity contribution in [1.29, 1.82) is 0 Å². The molecule has 0 saturated heterocycles. The van der Waals surface area contributed by atoms with Crippen LogP contribution in [-0.4, -0.2) is 19.6 Å². The van der Waals surface area contributed by atoms with Crippen molar-refractivity contribution in [2.75, 3.05) is 18.5 Å². The molecule has 1 aromatic carbocycles. The molecule has 0 fully saturated rings. The van der Waals surface area contributed by atoms with Crippen LogP contribution in [0.5, 0.6) is 0 Å². The van der Waals surface area contributed by atoms with Crippen molar-refractivity contribution in [3.8, 4) is 0 Å². The first-order valence-corrected chi connectivity index (χ1v) is 4.92. The summed E-state index contributed by atoms with van der Waals surface area (Å²) in [5.41, 5.74) is 0.671. The summed E-state index contributed by atoms with van der Waals surface area (Å²) in [5, 5.41) is 2.74. The Morgan fingerprint density at radius 2 is 2.00 bits per heavy atom. The highest BCUT2D eigenvalue weighted by molar-refractivity contribution is 5.91. The van der Waals surface area contributed by atoms with Crippen LogP contribution in [-0.2, 0) is 0 Å². The Balaban J connectivity index is 2.63. The smallest absolute Gasteiger partial charge is 0.321 e. The largest absolute Gasteiger partial charge is 0.338 e. The number of hydrogen-bond acceptors (Lipinski definition) is 1. The number of rotatable bonds is 3. The molecule has 1 rings (SSSR count). The number of anilines is 1. The molecule has 15 heavy (non-hydrogen) atoms. The molecule has 0 radical (unpaired) electrons. The van der Waals surface area contributed by atoms with E-state index in [1.165, 1.54) is 17.0 Å². The molecule has 2 amide bonds. The molecule has 0 aliphatic heterocycles. The number of carbonyl (C=O) groups is 1. The maximum atomic E-state index is 12.6. The summed E-state index contributed by atoms with van der Waals surface area (Å²) in [4.78, 5) is 13.0. The molecule has 0 unspecified atom stereocenters. The van der Waals surface area contributed by atoms with Gasteiger partial charge in [0.25, 0.3) is 0 Å². The number of carbonyl (C=O) groups excluding carboxylic acids is 1. The third-order valence-corrected chi connectivity index (χ3v) is 2.04. The van der Waals surface area contributed by atoms with Gasteiger partial charge in [-0.25, -0.2) is 9.18 Å². The average Bonchev–Trinajstić information content (AvgIpc) is 2.26. The first kappa shape index (κ1) is 11.5. The summed E-state index contributed by atoms with van der Waals surface area (Å²) in [7, 11) is 1.65. The fourth-order valence-corrected chi connectivity index (χ4v) is 1.13. The quantitative estimate of drug-likeness (QED) is 0.816. The zero-order valence-corrected chi connectivity index (χ0v) is 8.96. The lowest BCUT2D eigenvalue weighted by Gasteiger charge is -2.17. The van der Waals surface area contributed by atoms with E-state index in [4.69, 9.17) is 0 Å². The SMILES string of the molecule is CCCNC(=O)N(C)c1ccc(F)cc1. The minimum absolute atomic E-state index is 0.177. The first-order valence-electron chi connectivity index (χ1n) is 4.92. The molecule has 0 aromatic heterocycles. The third kappa shape index (κ3) is 3.23. The van der Waals surface area contributed by atoms with Gasteiger partial charge in [-0.15, -0.1) is 0 Å². The molecule has 82 valence electrons. The molecule has 3 nitrogen and oxygen atoms in total. The lowest BCUT2D eigenvalue weighted by molar-refractivity contribution is 0.247. The van der Waals surface area contributed by atoms with Crippen molar-refractivity contribution in [2.24, 2.45) is 0 Å². The van der Waals surface area contributed by atoms with Crippen LogP contribution >= 0.6 is 0 Å². The first-order chi connectivity index (χ1) is 7.15. The molecule has 0 saturated carbocycles. The van der Waals surface area contributed by atoms with Crippen molar-refractivity contribution < 1.29 is 9.18 Å². The fraction of sp³-hybridized carbons (Fsp3) is 0.364. The number of halogens is 1. The van der Waals surface area contributed by atoms with Gasteiger partial charge in [0, 0.05) is 19.3 Å². The van der Waals surface area contributed by atoms with Gasteiger partial charge in [-0.2, -0.15) is 0 Å². The second kappa shape index (κ2) is 5.34. The molecule has 0 bridgehead atoms. The molecule has 0 aliphatic carbocycles. The Morgan fingerprint density at radius 3 is 2.53 bits per heavy atom. The summed E-state index contributed by atoms with van der Waals surface area (Å²) in [6, 6.07) is 5.63. The Kier molecular flexibility index (Phi) is 4.09. The van der Waals surface area contributed by atoms with E-state index in [-0.39, 0.29) is 11.8 Å². The molecule has 0 aliphatic rings. The summed E-state index contributed by atoms with van der Waals surface area (Å²) in [6.07, 6.45) is 0.892. The average molecular weight is 210 g/mol. The van der Waals surface area contributed by atoms with Crippen LogP contribution in [0.1, 0.15) is 13.3 Å². The van der Waals surface area contributed by atoms with E-state index < -0.39 is 0 Å². The van der Waals surface area contributed by atoms with Crippen molar-refractivity contribution >= 4 is 11.7 Å². The molecule has 1 aromatic rings. The highest BCUT2D eigenvalue weighted by Gasteiger charge is 2.08. The summed E-state index contributed by atoms with van der Waals surface area (Å²) < 4.78 is 12.6. The molecule has 4 heteroatoms. The van der Waals surface area contributed by atoms with E-state index in [1.807, 2.05) is 6.92 Å². The van der Waals surface area contributed by atoms with Crippen LogP contribution < -0.4 is 10.2 Å². The predicted octanol–water partition coefficient (Wildman–Crippen LogP) is 2.38. The van der Waals surface area contributed by atoms with E-state index in [2.05, 4.69) is 5.32 Å². The Bertz CT molecular complexity index is 324. The topological polar surface area (TPSA) is 32.3 Å². The van der Waals surface area contributed by atoms with Crippen LogP contribution in [0.3, 0.4) is 0 Å². The van der Waals surface area contributed by atoms with Crippen LogP contribution in [0.2, 0.25) is 0 Å². The van der Waals surface area contributed by atoms with Crippen LogP contribution in [0, 0.1) is 5.82 Å². The molecule has 0 spiro atoms. The molecular weight excluding hydrogens is 195 g/mol. The van der Waals surface area contributed by atoms with E-state index in [9.17, 15) is 9.18 Å². The van der Waals surface area contributed by atoms with Crippen molar-refractivity contribution in [3.05, 3.63) is 30.1 Å². The Labute approximate surface area is 88.9 Å². The highest BCUT2D eigenvalue weighted by atomic mass is 19.1. The van der Waals surface area contributed by atoms with E-state index in [1.54, 1.807) is 19.2 Å². The number of amides is 2. The highest BCUT2D eigenvalue weighted by Crippen LogP contribution is 2.12. The monoisotopic (exact) mass is 210 g/mol. The van der Waals surface area contributed by atoms with Gasteiger partial charge in [0.05, 0.1) is 0 Å². The molecule has 0 heterocycles. The second-order valence-corrected chi connectivity index (χ2v) is 3.27. The molecular formula is C11H15FN2O. The van der Waals surface area contributed by atoms with Crippen molar-refractivity contribution in [2.45, 2.75) is 13.3 Å². The van der Waals surface area contributed by atoms with Crippen molar-refractivity contribution in [3.63, 3.8) is 0 Å². The second-order valence-electron chi connectivity index (χ2n) is 3.27. The summed E-state index contributed by atoms with van der Waals surface area (Å²) in [6.45, 7) is 2.63. The molecule has 1 N–H and O–H groups in total. The van der Waals surface area contributed by atoms with Gasteiger partial charge in [0.2, 0.25) is 0 Å². The zero-order valence-electron chi connectivity index (χ0n) is 8.96. The lowest BCUT2D eigenvalue weighted by atomic mass is 10.3. The van der Waals surface area contributed by atoms with Crippen LogP contribution in [0.4, 0.5) is 14.9 Å². The zero-order chi connectivity index (χ0) is 11.3. The Hall–Kier alpha value is -1.58. The van der Waals surface area contributed by atoms with Gasteiger partial charge >= 0.3 is 6.03 Å². The van der Waals surface area contributed by atoms with Crippen molar-refractivity contribution in [1.82, 2.24) is 5.32 Å². The van der Waals surface area contributed by atoms with Gasteiger partial charge in [0.1, 0.15) is 5.82 Å². The predicted molar refractivity (Wildman–Crippen MR) is 58.5 cm³/mol. The van der Waals surface area contributed by atoms with Gasteiger partial charge in [-0.3, -0.25) is 4.90 Å². The number of urea groups is 1.